The highest BCUT2D eigenvalue weighted by Gasteiger charge is 2.32. The van der Waals surface area contributed by atoms with E-state index in [2.05, 4.69) is 10.2 Å². The Morgan fingerprint density at radius 2 is 1.81 bits per heavy atom. The van der Waals surface area contributed by atoms with Gasteiger partial charge in [0.1, 0.15) is 11.6 Å². The maximum absolute atomic E-state index is 13.0. The van der Waals surface area contributed by atoms with Gasteiger partial charge in [-0.25, -0.2) is 4.39 Å². The summed E-state index contributed by atoms with van der Waals surface area (Å²) in [6.07, 6.45) is 1.01. The first-order valence-corrected chi connectivity index (χ1v) is 8.80. The predicted octanol–water partition coefficient (Wildman–Crippen LogP) is 2.63. The Hall–Kier alpha value is -1.89. The van der Waals surface area contributed by atoms with Gasteiger partial charge in [0.15, 0.2) is 5.76 Å². The highest BCUT2D eigenvalue weighted by molar-refractivity contribution is 5.92. The number of carbonyl (C=O) groups is 1. The molecule has 0 saturated carbocycles. The zero-order valence-electron chi connectivity index (χ0n) is 14.5. The van der Waals surface area contributed by atoms with Crippen molar-refractivity contribution in [1.82, 2.24) is 15.1 Å². The summed E-state index contributed by atoms with van der Waals surface area (Å²) < 4.78 is 18.8. The zero-order valence-corrected chi connectivity index (χ0v) is 15.3. The molecule has 26 heavy (non-hydrogen) atoms. The Bertz CT molecular complexity index is 743. The Morgan fingerprint density at radius 3 is 2.54 bits per heavy atom. The average molecular weight is 380 g/mol. The van der Waals surface area contributed by atoms with Gasteiger partial charge in [0.05, 0.1) is 0 Å². The first-order valence-electron chi connectivity index (χ1n) is 8.80. The maximum Gasteiger partial charge on any atom is 0.289 e. The molecule has 5 nitrogen and oxygen atoms in total. The number of halogens is 2. The van der Waals surface area contributed by atoms with Crippen LogP contribution in [0.1, 0.15) is 17.0 Å². The molecule has 1 atom stereocenters. The predicted molar refractivity (Wildman–Crippen MR) is 100 cm³/mol. The number of likely N-dealkylation sites (tertiary alicyclic amines) is 1. The fourth-order valence-electron chi connectivity index (χ4n) is 3.65. The second kappa shape index (κ2) is 8.20. The van der Waals surface area contributed by atoms with Crippen molar-refractivity contribution < 1.29 is 13.6 Å². The van der Waals surface area contributed by atoms with Crippen LogP contribution in [0.4, 0.5) is 4.39 Å². The van der Waals surface area contributed by atoms with Crippen molar-refractivity contribution in [3.8, 4) is 11.3 Å². The monoisotopic (exact) mass is 379 g/mol. The smallest absolute Gasteiger partial charge is 0.289 e. The van der Waals surface area contributed by atoms with Gasteiger partial charge in [-0.3, -0.25) is 9.69 Å². The van der Waals surface area contributed by atoms with E-state index in [9.17, 15) is 9.18 Å². The highest BCUT2D eigenvalue weighted by atomic mass is 35.5. The number of nitrogens with one attached hydrogen (secondary N) is 1. The van der Waals surface area contributed by atoms with E-state index in [-0.39, 0.29) is 24.1 Å². The number of carbonyl (C=O) groups excluding carboxylic acids is 1. The van der Waals surface area contributed by atoms with Crippen molar-refractivity contribution in [2.24, 2.45) is 0 Å². The third-order valence-corrected chi connectivity index (χ3v) is 5.06. The van der Waals surface area contributed by atoms with Crippen LogP contribution in [0.15, 0.2) is 40.8 Å². The fourth-order valence-corrected chi connectivity index (χ4v) is 3.65. The Balaban J connectivity index is 0.00000196. The molecule has 140 valence electrons. The zero-order chi connectivity index (χ0) is 17.2. The van der Waals surface area contributed by atoms with E-state index < -0.39 is 0 Å². The molecule has 1 N–H and O–H groups in total. The van der Waals surface area contributed by atoms with Gasteiger partial charge in [-0.2, -0.15) is 0 Å². The van der Waals surface area contributed by atoms with Crippen LogP contribution >= 0.6 is 12.4 Å². The Morgan fingerprint density at radius 1 is 1.08 bits per heavy atom. The number of hydrogen-bond acceptors (Lipinski definition) is 4. The van der Waals surface area contributed by atoms with Crippen molar-refractivity contribution in [2.75, 3.05) is 39.3 Å². The lowest BCUT2D eigenvalue weighted by Gasteiger charge is -2.32. The number of benzene rings is 1. The lowest BCUT2D eigenvalue weighted by molar-refractivity contribution is 0.0743. The van der Waals surface area contributed by atoms with E-state index in [1.807, 2.05) is 4.90 Å². The van der Waals surface area contributed by atoms with Gasteiger partial charge in [-0.05, 0) is 42.8 Å². The van der Waals surface area contributed by atoms with Crippen molar-refractivity contribution in [3.63, 3.8) is 0 Å². The molecule has 1 aromatic carbocycles. The molecule has 2 aromatic rings. The van der Waals surface area contributed by atoms with Gasteiger partial charge >= 0.3 is 0 Å². The number of rotatable bonds is 3. The van der Waals surface area contributed by atoms with Crippen LogP contribution in [0, 0.1) is 5.82 Å². The minimum Gasteiger partial charge on any atom is -0.451 e. The normalized spacial score (nSPS) is 20.8. The molecule has 1 amide bonds. The number of nitrogens with zero attached hydrogens (tertiary/aromatic N) is 2. The summed E-state index contributed by atoms with van der Waals surface area (Å²) in [5.41, 5.74) is 0.764. The minimum absolute atomic E-state index is 0. The fraction of sp³-hybridized carbons (Fsp3) is 0.421. The van der Waals surface area contributed by atoms with E-state index >= 15 is 0 Å². The van der Waals surface area contributed by atoms with Crippen molar-refractivity contribution >= 4 is 18.3 Å². The topological polar surface area (TPSA) is 48.7 Å². The largest absolute Gasteiger partial charge is 0.451 e. The number of hydrogen-bond donors (Lipinski definition) is 1. The Kier molecular flexibility index (Phi) is 5.96. The Labute approximate surface area is 158 Å². The number of amides is 1. The van der Waals surface area contributed by atoms with E-state index in [0.29, 0.717) is 17.6 Å². The summed E-state index contributed by atoms with van der Waals surface area (Å²) in [5, 5.41) is 3.36. The van der Waals surface area contributed by atoms with E-state index in [4.69, 9.17) is 4.42 Å². The summed E-state index contributed by atoms with van der Waals surface area (Å²) >= 11 is 0. The average Bonchev–Trinajstić information content (AvgIpc) is 3.33. The molecule has 1 unspecified atom stereocenters. The highest BCUT2D eigenvalue weighted by Crippen LogP contribution is 2.25. The van der Waals surface area contributed by atoms with Crippen LogP contribution < -0.4 is 5.32 Å². The third-order valence-electron chi connectivity index (χ3n) is 5.06. The first kappa shape index (κ1) is 18.9. The minimum atomic E-state index is -0.289. The molecule has 0 bridgehead atoms. The summed E-state index contributed by atoms with van der Waals surface area (Å²) in [5.74, 6) is 0.579. The van der Waals surface area contributed by atoms with Crippen LogP contribution in [0.25, 0.3) is 11.3 Å². The van der Waals surface area contributed by atoms with E-state index in [1.165, 1.54) is 12.1 Å². The van der Waals surface area contributed by atoms with Crippen LogP contribution in [-0.4, -0.2) is 61.0 Å². The molecule has 1 aromatic heterocycles. The maximum atomic E-state index is 13.0. The van der Waals surface area contributed by atoms with E-state index in [1.54, 1.807) is 24.3 Å². The molecule has 7 heteroatoms. The molecule has 2 fully saturated rings. The molecule has 3 heterocycles. The number of furan rings is 1. The molecule has 4 rings (SSSR count). The summed E-state index contributed by atoms with van der Waals surface area (Å²) in [6, 6.07) is 9.99. The van der Waals surface area contributed by atoms with Gasteiger partial charge in [-0.15, -0.1) is 12.4 Å². The molecule has 0 spiro atoms. The van der Waals surface area contributed by atoms with Crippen molar-refractivity contribution in [1.29, 1.82) is 0 Å². The molecule has 2 aliphatic heterocycles. The molecule has 0 radical (unpaired) electrons. The van der Waals surface area contributed by atoms with Crippen molar-refractivity contribution in [3.05, 3.63) is 48.0 Å². The molecular formula is C19H23ClFN3O2. The van der Waals surface area contributed by atoms with Gasteiger partial charge in [-0.1, -0.05) is 0 Å². The van der Waals surface area contributed by atoms with Crippen LogP contribution in [0.3, 0.4) is 0 Å². The lowest BCUT2D eigenvalue weighted by Crippen LogP contribution is -2.49. The second-order valence-electron chi connectivity index (χ2n) is 6.65. The first-order chi connectivity index (χ1) is 12.2. The van der Waals surface area contributed by atoms with Gasteiger partial charge in [0.25, 0.3) is 5.91 Å². The second-order valence-corrected chi connectivity index (χ2v) is 6.65. The van der Waals surface area contributed by atoms with Crippen molar-refractivity contribution in [2.45, 2.75) is 12.5 Å². The van der Waals surface area contributed by atoms with Crippen LogP contribution in [0.2, 0.25) is 0 Å². The SMILES string of the molecule is Cl.O=C(c1ccc(-c2ccc(F)cc2)o1)N1CCC(N2CCNCC2)C1. The molecule has 0 aliphatic carbocycles. The van der Waals surface area contributed by atoms with Gasteiger partial charge in [0, 0.05) is 50.9 Å². The third kappa shape index (κ3) is 3.92. The molecule has 2 saturated heterocycles. The quantitative estimate of drug-likeness (QED) is 0.890. The summed E-state index contributed by atoms with van der Waals surface area (Å²) in [7, 11) is 0. The lowest BCUT2D eigenvalue weighted by atomic mass is 10.2. The van der Waals surface area contributed by atoms with Crippen LogP contribution in [-0.2, 0) is 0 Å². The van der Waals surface area contributed by atoms with E-state index in [0.717, 1.165) is 51.3 Å². The van der Waals surface area contributed by atoms with Gasteiger partial charge < -0.3 is 14.6 Å². The van der Waals surface area contributed by atoms with Crippen LogP contribution in [0.5, 0.6) is 0 Å². The number of piperazine rings is 1. The summed E-state index contributed by atoms with van der Waals surface area (Å²) in [6.45, 7) is 5.64. The molecular weight excluding hydrogens is 357 g/mol. The van der Waals surface area contributed by atoms with Gasteiger partial charge in [0.2, 0.25) is 0 Å². The summed E-state index contributed by atoms with van der Waals surface area (Å²) in [4.78, 5) is 17.1. The standard InChI is InChI=1S/C19H22FN3O2.ClH/c20-15-3-1-14(2-4-15)17-5-6-18(25-17)19(24)23-10-7-16(13-23)22-11-8-21-9-12-22;/h1-6,16,21H,7-13H2;1H. The molecule has 2 aliphatic rings.